The van der Waals surface area contributed by atoms with E-state index < -0.39 is 0 Å². The first-order valence-corrected chi connectivity index (χ1v) is 2.42. The van der Waals surface area contributed by atoms with Gasteiger partial charge in [-0.15, -0.1) is 0 Å². The number of hydroxylamine groups is 2. The summed E-state index contributed by atoms with van der Waals surface area (Å²) in [5, 5.41) is 9.37. The van der Waals surface area contributed by atoms with Crippen LogP contribution < -0.4 is 0 Å². The fourth-order valence-corrected chi connectivity index (χ4v) is 0.566. The second-order valence-corrected chi connectivity index (χ2v) is 1.88. The lowest BCUT2D eigenvalue weighted by atomic mass is 10.8. The highest BCUT2D eigenvalue weighted by molar-refractivity contribution is 6.13. The lowest BCUT2D eigenvalue weighted by molar-refractivity contribution is -0.0401. The highest BCUT2D eigenvalue weighted by Gasteiger charge is 2.07. The molecular weight excluding hydrogens is 130 g/mol. The predicted octanol–water partition coefficient (Wildman–Crippen LogP) is -0.0327. The van der Waals surface area contributed by atoms with Crippen molar-refractivity contribution < 1.29 is 5.21 Å². The van der Waals surface area contributed by atoms with E-state index in [1.165, 1.54) is 4.42 Å². The Kier molecular flexibility index (Phi) is 1.67. The van der Waals surface area contributed by atoms with E-state index in [1.807, 2.05) is 0 Å². The van der Waals surface area contributed by atoms with Gasteiger partial charge in [0.25, 0.3) is 0 Å². The van der Waals surface area contributed by atoms with Gasteiger partial charge in [0.05, 0.1) is 0 Å². The molecule has 0 saturated heterocycles. The van der Waals surface area contributed by atoms with Crippen molar-refractivity contribution in [1.29, 1.82) is 0 Å². The standard InChI is InChI=1S/C3H5ClN3O/c4-6-1-5-2-7(8)3-6/h8H,1,3H2. The van der Waals surface area contributed by atoms with Gasteiger partial charge in [0.2, 0.25) is 0 Å². The minimum atomic E-state index is 0.255. The Morgan fingerprint density at radius 3 is 2.88 bits per heavy atom. The van der Waals surface area contributed by atoms with Crippen LogP contribution in [0.2, 0.25) is 0 Å². The summed E-state index contributed by atoms with van der Waals surface area (Å²) >= 11 is 5.41. The van der Waals surface area contributed by atoms with Crippen LogP contribution in [0.4, 0.5) is 0 Å². The van der Waals surface area contributed by atoms with Crippen LogP contribution in [-0.2, 0) is 0 Å². The Bertz CT molecular complexity index is 107. The molecule has 0 unspecified atom stereocenters. The molecule has 1 N–H and O–H groups in total. The van der Waals surface area contributed by atoms with Gasteiger partial charge < -0.3 is 0 Å². The summed E-state index contributed by atoms with van der Waals surface area (Å²) in [6.45, 7) is 0.643. The third-order valence-corrected chi connectivity index (χ3v) is 0.912. The maximum absolute atomic E-state index is 8.58. The minimum absolute atomic E-state index is 0.255. The lowest BCUT2D eigenvalue weighted by Gasteiger charge is -2.19. The second-order valence-electron chi connectivity index (χ2n) is 1.40. The average molecular weight is 135 g/mol. The average Bonchev–Trinajstić information content (AvgIpc) is 1.64. The van der Waals surface area contributed by atoms with E-state index in [2.05, 4.69) is 11.3 Å². The molecule has 0 spiro atoms. The number of hydrogen-bond acceptors (Lipinski definition) is 4. The van der Waals surface area contributed by atoms with Crippen molar-refractivity contribution in [3.8, 4) is 0 Å². The molecule has 0 amide bonds. The molecule has 1 heterocycles. The fraction of sp³-hybridized carbons (Fsp3) is 0.667. The predicted molar refractivity (Wildman–Crippen MR) is 28.5 cm³/mol. The molecule has 1 radical (unpaired) electrons. The Hall–Kier alpha value is -0.320. The van der Waals surface area contributed by atoms with Crippen LogP contribution in [0.1, 0.15) is 0 Å². The van der Waals surface area contributed by atoms with Crippen LogP contribution in [0.3, 0.4) is 0 Å². The minimum Gasteiger partial charge on any atom is -0.286 e. The van der Waals surface area contributed by atoms with Crippen molar-refractivity contribution in [1.82, 2.24) is 9.48 Å². The van der Waals surface area contributed by atoms with E-state index in [1.54, 1.807) is 0 Å². The molecule has 5 heteroatoms. The van der Waals surface area contributed by atoms with Crippen LogP contribution in [0.5, 0.6) is 0 Å². The van der Waals surface area contributed by atoms with E-state index in [9.17, 15) is 0 Å². The highest BCUT2D eigenvalue weighted by Crippen LogP contribution is 1.98. The molecule has 0 aromatic heterocycles. The van der Waals surface area contributed by atoms with Crippen LogP contribution in [0.15, 0.2) is 4.99 Å². The maximum atomic E-state index is 8.58. The van der Waals surface area contributed by atoms with Crippen molar-refractivity contribution in [2.45, 2.75) is 0 Å². The Morgan fingerprint density at radius 2 is 2.50 bits per heavy atom. The van der Waals surface area contributed by atoms with Gasteiger partial charge in [-0.05, 0) is 11.8 Å². The third kappa shape index (κ3) is 1.33. The summed E-state index contributed by atoms with van der Waals surface area (Å²) < 4.78 is 1.33. The van der Waals surface area contributed by atoms with Crippen LogP contribution >= 0.6 is 11.8 Å². The molecule has 8 heavy (non-hydrogen) atoms. The van der Waals surface area contributed by atoms with Gasteiger partial charge in [0.15, 0.2) is 6.34 Å². The van der Waals surface area contributed by atoms with Gasteiger partial charge in [-0.25, -0.2) is 10.1 Å². The quantitative estimate of drug-likeness (QED) is 0.473. The maximum Gasteiger partial charge on any atom is 0.195 e. The van der Waals surface area contributed by atoms with E-state index in [-0.39, 0.29) is 6.67 Å². The van der Waals surface area contributed by atoms with Gasteiger partial charge in [-0.3, -0.25) is 5.21 Å². The van der Waals surface area contributed by atoms with Gasteiger partial charge >= 0.3 is 0 Å². The Balaban J connectivity index is 2.42. The first kappa shape index (κ1) is 5.81. The molecular formula is C3H5ClN3O. The van der Waals surface area contributed by atoms with Crippen molar-refractivity contribution in [2.24, 2.45) is 4.99 Å². The summed E-state index contributed by atoms with van der Waals surface area (Å²) in [5.74, 6) is 0. The normalized spacial score (nSPS) is 22.0. The zero-order valence-electron chi connectivity index (χ0n) is 4.08. The molecule has 1 aliphatic heterocycles. The molecule has 1 rings (SSSR count). The zero-order valence-corrected chi connectivity index (χ0v) is 4.84. The summed E-state index contributed by atoms with van der Waals surface area (Å²) in [7, 11) is 0. The smallest absolute Gasteiger partial charge is 0.195 e. The van der Waals surface area contributed by atoms with E-state index >= 15 is 0 Å². The number of rotatable bonds is 0. The molecule has 1 aliphatic rings. The fourth-order valence-electron chi connectivity index (χ4n) is 0.412. The van der Waals surface area contributed by atoms with Crippen molar-refractivity contribution in [3.05, 3.63) is 0 Å². The second kappa shape index (κ2) is 2.30. The molecule has 0 aromatic rings. The Labute approximate surface area is 52.0 Å². The van der Waals surface area contributed by atoms with Crippen molar-refractivity contribution in [3.63, 3.8) is 0 Å². The zero-order chi connectivity index (χ0) is 5.98. The summed E-state index contributed by atoms with van der Waals surface area (Å²) in [6.07, 6.45) is 2.30. The summed E-state index contributed by atoms with van der Waals surface area (Å²) in [5.41, 5.74) is 0. The molecule has 45 valence electrons. The SMILES string of the molecule is ON1[C]=NCN(Cl)C1. The number of aliphatic imine (C=N–C) groups is 1. The third-order valence-electron chi connectivity index (χ3n) is 0.698. The van der Waals surface area contributed by atoms with E-state index in [0.29, 0.717) is 6.67 Å². The van der Waals surface area contributed by atoms with Gasteiger partial charge in [0, 0.05) is 0 Å². The van der Waals surface area contributed by atoms with Crippen LogP contribution in [-0.4, -0.2) is 34.4 Å². The number of nitrogens with zero attached hydrogens (tertiary/aromatic N) is 3. The molecule has 0 atom stereocenters. The summed E-state index contributed by atoms with van der Waals surface area (Å²) in [6, 6.07) is 0. The van der Waals surface area contributed by atoms with Gasteiger partial charge in [-0.2, -0.15) is 4.42 Å². The number of halogens is 1. The van der Waals surface area contributed by atoms with Crippen LogP contribution in [0.25, 0.3) is 0 Å². The summed E-state index contributed by atoms with van der Waals surface area (Å²) in [4.78, 5) is 3.56. The van der Waals surface area contributed by atoms with E-state index in [4.69, 9.17) is 17.0 Å². The van der Waals surface area contributed by atoms with Crippen molar-refractivity contribution >= 4 is 18.1 Å². The monoisotopic (exact) mass is 134 g/mol. The lowest BCUT2D eigenvalue weighted by Crippen LogP contribution is -2.33. The molecule has 0 saturated carbocycles. The largest absolute Gasteiger partial charge is 0.286 e. The van der Waals surface area contributed by atoms with E-state index in [0.717, 1.165) is 5.06 Å². The topological polar surface area (TPSA) is 39.1 Å². The first-order valence-electron chi connectivity index (χ1n) is 2.08. The first-order chi connectivity index (χ1) is 3.79. The molecule has 4 nitrogen and oxygen atoms in total. The number of hydrogen-bond donors (Lipinski definition) is 1. The molecule has 0 aromatic carbocycles. The molecule has 0 fully saturated rings. The highest BCUT2D eigenvalue weighted by atomic mass is 35.5. The van der Waals surface area contributed by atoms with Gasteiger partial charge in [-0.1, -0.05) is 0 Å². The molecule has 0 bridgehead atoms. The van der Waals surface area contributed by atoms with Gasteiger partial charge in [0.1, 0.15) is 13.3 Å². The Morgan fingerprint density at radius 1 is 1.75 bits per heavy atom. The van der Waals surface area contributed by atoms with Crippen LogP contribution in [0, 0.1) is 0 Å². The van der Waals surface area contributed by atoms with Crippen molar-refractivity contribution in [2.75, 3.05) is 13.3 Å². The molecule has 0 aliphatic carbocycles.